The van der Waals surface area contributed by atoms with Gasteiger partial charge in [-0.2, -0.15) is 0 Å². The molecule has 0 aromatic heterocycles. The number of nitrogens with one attached hydrogen (secondary N) is 1. The van der Waals surface area contributed by atoms with E-state index in [0.29, 0.717) is 18.0 Å². The van der Waals surface area contributed by atoms with E-state index in [1.165, 1.54) is 11.8 Å². The quantitative estimate of drug-likeness (QED) is 0.493. The Labute approximate surface area is 189 Å². The molecule has 0 spiro atoms. The largest absolute Gasteiger partial charge is 0.352 e. The fraction of sp³-hybridized carbons (Fsp3) is 0.417. The Balaban J connectivity index is 2.20. The summed E-state index contributed by atoms with van der Waals surface area (Å²) >= 11 is 7.40. The lowest BCUT2D eigenvalue weighted by Crippen LogP contribution is -2.51. The maximum absolute atomic E-state index is 13.2. The van der Waals surface area contributed by atoms with Crippen LogP contribution in [0.4, 0.5) is 0 Å². The Kier molecular flexibility index (Phi) is 9.73. The number of thioether (sulfide) groups is 1. The summed E-state index contributed by atoms with van der Waals surface area (Å²) in [6.07, 6.45) is 1.41. The molecule has 162 valence electrons. The van der Waals surface area contributed by atoms with E-state index in [2.05, 4.69) is 11.4 Å². The van der Waals surface area contributed by atoms with Crippen molar-refractivity contribution in [3.8, 4) is 0 Å². The summed E-state index contributed by atoms with van der Waals surface area (Å²) in [5, 5.41) is 3.71. The molecule has 2 atom stereocenters. The van der Waals surface area contributed by atoms with Crippen LogP contribution in [0.5, 0.6) is 0 Å². The molecule has 0 unspecified atom stereocenters. The summed E-state index contributed by atoms with van der Waals surface area (Å²) in [7, 11) is 0. The number of halogens is 1. The zero-order valence-corrected chi connectivity index (χ0v) is 19.7. The van der Waals surface area contributed by atoms with Crippen molar-refractivity contribution in [3.05, 3.63) is 64.7 Å². The van der Waals surface area contributed by atoms with E-state index < -0.39 is 6.04 Å². The second-order valence-electron chi connectivity index (χ2n) is 7.50. The second kappa shape index (κ2) is 12.0. The van der Waals surface area contributed by atoms with Crippen molar-refractivity contribution >= 4 is 35.2 Å². The van der Waals surface area contributed by atoms with Gasteiger partial charge in [-0.25, -0.2) is 0 Å². The number of rotatable bonds is 10. The number of nitrogens with zero attached hydrogens (tertiary/aromatic N) is 1. The van der Waals surface area contributed by atoms with Gasteiger partial charge in [0.25, 0.3) is 0 Å². The van der Waals surface area contributed by atoms with Gasteiger partial charge in [0.2, 0.25) is 11.8 Å². The number of amides is 2. The first-order valence-corrected chi connectivity index (χ1v) is 11.7. The first-order chi connectivity index (χ1) is 14.3. The van der Waals surface area contributed by atoms with Crippen molar-refractivity contribution in [2.45, 2.75) is 64.1 Å². The summed E-state index contributed by atoms with van der Waals surface area (Å²) in [5.74, 6) is 0.118. The number of hydrogen-bond acceptors (Lipinski definition) is 3. The molecule has 2 aromatic rings. The molecule has 0 bridgehead atoms. The summed E-state index contributed by atoms with van der Waals surface area (Å²) in [6.45, 7) is 8.40. The number of aryl methyl sites for hydroxylation is 1. The lowest BCUT2D eigenvalue weighted by atomic mass is 10.1. The number of carbonyl (C=O) groups excluding carboxylic acids is 2. The lowest BCUT2D eigenvalue weighted by Gasteiger charge is -2.31. The zero-order valence-electron chi connectivity index (χ0n) is 18.2. The van der Waals surface area contributed by atoms with E-state index in [-0.39, 0.29) is 23.6 Å². The van der Waals surface area contributed by atoms with E-state index in [0.717, 1.165) is 22.4 Å². The van der Waals surface area contributed by atoms with Crippen LogP contribution >= 0.6 is 23.4 Å². The van der Waals surface area contributed by atoms with Crippen molar-refractivity contribution in [2.75, 3.05) is 5.75 Å². The monoisotopic (exact) mass is 446 g/mol. The maximum atomic E-state index is 13.2. The van der Waals surface area contributed by atoms with Gasteiger partial charge in [-0.05, 0) is 56.5 Å². The fourth-order valence-corrected chi connectivity index (χ4v) is 4.04. The van der Waals surface area contributed by atoms with Crippen LogP contribution in [-0.2, 0) is 16.1 Å². The molecule has 0 aliphatic carbocycles. The standard InChI is InChI=1S/C24H31ClN2O2S/c1-5-18(4)26-24(29)22(6-2)27(15-19-9-7-8-17(3)14-19)23(28)16-30-21-12-10-20(25)11-13-21/h7-14,18,22H,5-6,15-16H2,1-4H3,(H,26,29)/t18-,22-/m1/s1. The third-order valence-electron chi connectivity index (χ3n) is 5.00. The molecule has 2 aromatic carbocycles. The molecule has 6 heteroatoms. The summed E-state index contributed by atoms with van der Waals surface area (Å²) in [6, 6.07) is 15.1. The molecule has 0 aliphatic heterocycles. The van der Waals surface area contributed by atoms with Crippen molar-refractivity contribution < 1.29 is 9.59 Å². The molecule has 2 rings (SSSR count). The van der Waals surface area contributed by atoms with Crippen LogP contribution in [0, 0.1) is 6.92 Å². The van der Waals surface area contributed by atoms with Gasteiger partial charge in [0.15, 0.2) is 0 Å². The van der Waals surface area contributed by atoms with Crippen LogP contribution in [0.1, 0.15) is 44.7 Å². The van der Waals surface area contributed by atoms with E-state index >= 15 is 0 Å². The van der Waals surface area contributed by atoms with Crippen molar-refractivity contribution in [3.63, 3.8) is 0 Å². The van der Waals surface area contributed by atoms with Gasteiger partial charge < -0.3 is 10.2 Å². The minimum atomic E-state index is -0.502. The Bertz CT molecular complexity index is 841. The second-order valence-corrected chi connectivity index (χ2v) is 8.98. The number of benzene rings is 2. The molecular weight excluding hydrogens is 416 g/mol. The van der Waals surface area contributed by atoms with Crippen LogP contribution < -0.4 is 5.32 Å². The average Bonchev–Trinajstić information content (AvgIpc) is 2.72. The van der Waals surface area contributed by atoms with Gasteiger partial charge in [-0.3, -0.25) is 9.59 Å². The average molecular weight is 447 g/mol. The van der Waals surface area contributed by atoms with Crippen molar-refractivity contribution in [2.24, 2.45) is 0 Å². The highest BCUT2D eigenvalue weighted by Crippen LogP contribution is 2.22. The molecule has 1 N–H and O–H groups in total. The summed E-state index contributed by atoms with van der Waals surface area (Å²) in [4.78, 5) is 28.9. The SMILES string of the molecule is CC[C@@H](C)NC(=O)[C@@H](CC)N(Cc1cccc(C)c1)C(=O)CSc1ccc(Cl)cc1. The van der Waals surface area contributed by atoms with Crippen LogP contribution in [-0.4, -0.2) is 34.6 Å². The predicted octanol–water partition coefficient (Wildman–Crippen LogP) is 5.46. The van der Waals surface area contributed by atoms with Crippen LogP contribution in [0.15, 0.2) is 53.4 Å². The molecule has 4 nitrogen and oxygen atoms in total. The molecule has 0 saturated heterocycles. The molecule has 0 heterocycles. The third kappa shape index (κ3) is 7.37. The van der Waals surface area contributed by atoms with Crippen LogP contribution in [0.25, 0.3) is 0 Å². The highest BCUT2D eigenvalue weighted by molar-refractivity contribution is 8.00. The van der Waals surface area contributed by atoms with E-state index in [4.69, 9.17) is 11.6 Å². The van der Waals surface area contributed by atoms with Crippen molar-refractivity contribution in [1.82, 2.24) is 10.2 Å². The Morgan fingerprint density at radius 1 is 1.10 bits per heavy atom. The summed E-state index contributed by atoms with van der Waals surface area (Å²) < 4.78 is 0. The molecule has 0 radical (unpaired) electrons. The highest BCUT2D eigenvalue weighted by Gasteiger charge is 2.29. The molecule has 0 aliphatic rings. The smallest absolute Gasteiger partial charge is 0.243 e. The van der Waals surface area contributed by atoms with Crippen LogP contribution in [0.2, 0.25) is 5.02 Å². The molecule has 0 fully saturated rings. The minimum Gasteiger partial charge on any atom is -0.352 e. The molecule has 30 heavy (non-hydrogen) atoms. The van der Waals surface area contributed by atoms with Gasteiger partial charge in [-0.1, -0.05) is 55.3 Å². The maximum Gasteiger partial charge on any atom is 0.243 e. The van der Waals surface area contributed by atoms with Crippen molar-refractivity contribution in [1.29, 1.82) is 0 Å². The first kappa shape index (κ1) is 24.3. The van der Waals surface area contributed by atoms with Gasteiger partial charge >= 0.3 is 0 Å². The van der Waals surface area contributed by atoms with Gasteiger partial charge in [0, 0.05) is 22.5 Å². The van der Waals surface area contributed by atoms with Crippen LogP contribution in [0.3, 0.4) is 0 Å². The minimum absolute atomic E-state index is 0.0531. The van der Waals surface area contributed by atoms with E-state index in [1.54, 1.807) is 4.90 Å². The van der Waals surface area contributed by atoms with Gasteiger partial charge in [0.05, 0.1) is 5.75 Å². The summed E-state index contributed by atoms with van der Waals surface area (Å²) in [5.41, 5.74) is 2.15. The first-order valence-electron chi connectivity index (χ1n) is 10.4. The predicted molar refractivity (Wildman–Crippen MR) is 126 cm³/mol. The molecule has 2 amide bonds. The zero-order chi connectivity index (χ0) is 22.1. The van der Waals surface area contributed by atoms with Gasteiger partial charge in [0.1, 0.15) is 6.04 Å². The Morgan fingerprint density at radius 3 is 2.40 bits per heavy atom. The molecule has 0 saturated carbocycles. The normalized spacial score (nSPS) is 12.8. The van der Waals surface area contributed by atoms with Gasteiger partial charge in [-0.15, -0.1) is 11.8 Å². The number of hydrogen-bond donors (Lipinski definition) is 1. The molecular formula is C24H31ClN2O2S. The topological polar surface area (TPSA) is 49.4 Å². The van der Waals surface area contributed by atoms with E-state index in [9.17, 15) is 9.59 Å². The Hall–Kier alpha value is -1.98. The third-order valence-corrected chi connectivity index (χ3v) is 6.25. The lowest BCUT2D eigenvalue weighted by molar-refractivity contribution is -0.139. The Morgan fingerprint density at radius 2 is 1.80 bits per heavy atom. The number of carbonyl (C=O) groups is 2. The fourth-order valence-electron chi connectivity index (χ4n) is 3.13. The van der Waals surface area contributed by atoms with E-state index in [1.807, 2.05) is 70.2 Å². The highest BCUT2D eigenvalue weighted by atomic mass is 35.5.